The minimum atomic E-state index is 0.0929. The van der Waals surface area contributed by atoms with Gasteiger partial charge in [0.25, 0.3) is 0 Å². The normalized spacial score (nSPS) is 17.6. The second kappa shape index (κ2) is 5.75. The Balaban J connectivity index is 1.91. The van der Waals surface area contributed by atoms with Gasteiger partial charge in [0.1, 0.15) is 11.4 Å². The van der Waals surface area contributed by atoms with Gasteiger partial charge in [-0.05, 0) is 56.8 Å². The average Bonchev–Trinajstić information content (AvgIpc) is 2.25. The lowest BCUT2D eigenvalue weighted by atomic mass is 9.77. The van der Waals surface area contributed by atoms with Crippen molar-refractivity contribution in [1.29, 1.82) is 0 Å². The molecule has 1 aliphatic rings. The largest absolute Gasteiger partial charge is 0.487 e. The molecular formula is C16H25NO. The SMILES string of the molecule is Cc1cccc(OC2(CCNC(C)C)CCC2)c1. The van der Waals surface area contributed by atoms with Gasteiger partial charge in [-0.15, -0.1) is 0 Å². The molecule has 2 nitrogen and oxygen atoms in total. The lowest BCUT2D eigenvalue weighted by Crippen LogP contribution is -2.45. The van der Waals surface area contributed by atoms with Crippen LogP contribution in [0.15, 0.2) is 24.3 Å². The van der Waals surface area contributed by atoms with Gasteiger partial charge >= 0.3 is 0 Å². The summed E-state index contributed by atoms with van der Waals surface area (Å²) in [5.41, 5.74) is 1.36. The van der Waals surface area contributed by atoms with E-state index >= 15 is 0 Å². The van der Waals surface area contributed by atoms with Gasteiger partial charge < -0.3 is 10.1 Å². The van der Waals surface area contributed by atoms with Crippen LogP contribution in [0.25, 0.3) is 0 Å². The van der Waals surface area contributed by atoms with Crippen LogP contribution in [0.1, 0.15) is 45.1 Å². The first-order valence-corrected chi connectivity index (χ1v) is 7.09. The molecule has 1 N–H and O–H groups in total. The second-order valence-corrected chi connectivity index (χ2v) is 5.81. The molecule has 1 aromatic rings. The molecule has 18 heavy (non-hydrogen) atoms. The predicted octanol–water partition coefficient (Wildman–Crippen LogP) is 3.68. The van der Waals surface area contributed by atoms with Gasteiger partial charge in [-0.1, -0.05) is 26.0 Å². The first kappa shape index (κ1) is 13.4. The third-order valence-corrected chi connectivity index (χ3v) is 3.72. The number of benzene rings is 1. The van der Waals surface area contributed by atoms with Crippen molar-refractivity contribution >= 4 is 0 Å². The summed E-state index contributed by atoms with van der Waals surface area (Å²) in [6, 6.07) is 8.95. The van der Waals surface area contributed by atoms with Crippen LogP contribution in [-0.2, 0) is 0 Å². The molecule has 0 heterocycles. The van der Waals surface area contributed by atoms with Crippen molar-refractivity contribution in [3.05, 3.63) is 29.8 Å². The van der Waals surface area contributed by atoms with E-state index in [2.05, 4.69) is 50.4 Å². The molecule has 0 amide bonds. The van der Waals surface area contributed by atoms with Crippen molar-refractivity contribution in [3.63, 3.8) is 0 Å². The van der Waals surface area contributed by atoms with Gasteiger partial charge in [0.15, 0.2) is 0 Å². The summed E-state index contributed by atoms with van der Waals surface area (Å²) in [6.45, 7) is 7.54. The maximum absolute atomic E-state index is 6.26. The summed E-state index contributed by atoms with van der Waals surface area (Å²) in [7, 11) is 0. The Morgan fingerprint density at radius 1 is 1.33 bits per heavy atom. The molecule has 0 radical (unpaired) electrons. The van der Waals surface area contributed by atoms with E-state index in [1.807, 2.05) is 0 Å². The van der Waals surface area contributed by atoms with Crippen molar-refractivity contribution in [2.24, 2.45) is 0 Å². The van der Waals surface area contributed by atoms with Crippen molar-refractivity contribution in [2.45, 2.75) is 58.1 Å². The van der Waals surface area contributed by atoms with E-state index in [0.29, 0.717) is 6.04 Å². The molecule has 0 saturated heterocycles. The molecule has 100 valence electrons. The fourth-order valence-corrected chi connectivity index (χ4v) is 2.49. The Labute approximate surface area is 111 Å². The molecule has 2 heteroatoms. The zero-order valence-electron chi connectivity index (χ0n) is 11.8. The Kier molecular flexibility index (Phi) is 4.28. The van der Waals surface area contributed by atoms with Crippen molar-refractivity contribution in [1.82, 2.24) is 5.32 Å². The molecule has 0 aromatic heterocycles. The fraction of sp³-hybridized carbons (Fsp3) is 0.625. The van der Waals surface area contributed by atoms with Gasteiger partial charge in [0, 0.05) is 6.04 Å². The molecule has 1 aromatic carbocycles. The number of hydrogen-bond donors (Lipinski definition) is 1. The van der Waals surface area contributed by atoms with E-state index in [1.165, 1.54) is 24.8 Å². The van der Waals surface area contributed by atoms with E-state index in [0.717, 1.165) is 18.7 Å². The molecule has 0 spiro atoms. The zero-order chi connectivity index (χ0) is 13.0. The summed E-state index contributed by atoms with van der Waals surface area (Å²) in [5, 5.41) is 3.49. The van der Waals surface area contributed by atoms with Crippen LogP contribution in [0.2, 0.25) is 0 Å². The molecule has 0 bridgehead atoms. The third kappa shape index (κ3) is 3.49. The molecule has 2 rings (SSSR count). The summed E-state index contributed by atoms with van der Waals surface area (Å²) < 4.78 is 6.26. The van der Waals surface area contributed by atoms with Crippen LogP contribution in [0.3, 0.4) is 0 Å². The van der Waals surface area contributed by atoms with E-state index in [-0.39, 0.29) is 5.60 Å². The molecule has 1 aliphatic carbocycles. The first-order chi connectivity index (χ1) is 8.60. The highest BCUT2D eigenvalue weighted by molar-refractivity contribution is 5.28. The minimum Gasteiger partial charge on any atom is -0.487 e. The van der Waals surface area contributed by atoms with Crippen LogP contribution < -0.4 is 10.1 Å². The molecule has 0 aliphatic heterocycles. The van der Waals surface area contributed by atoms with Crippen molar-refractivity contribution in [3.8, 4) is 5.75 Å². The topological polar surface area (TPSA) is 21.3 Å². The molecule has 0 unspecified atom stereocenters. The standard InChI is InChI=1S/C16H25NO/c1-13(2)17-11-10-16(8-5-9-16)18-15-7-4-6-14(3)12-15/h4,6-7,12-13,17H,5,8-11H2,1-3H3. The van der Waals surface area contributed by atoms with E-state index in [4.69, 9.17) is 4.74 Å². The monoisotopic (exact) mass is 247 g/mol. The molecule has 0 atom stereocenters. The second-order valence-electron chi connectivity index (χ2n) is 5.81. The highest BCUT2D eigenvalue weighted by Gasteiger charge is 2.38. The fourth-order valence-electron chi connectivity index (χ4n) is 2.49. The Morgan fingerprint density at radius 3 is 2.67 bits per heavy atom. The summed E-state index contributed by atoms with van der Waals surface area (Å²) in [4.78, 5) is 0. The van der Waals surface area contributed by atoms with E-state index < -0.39 is 0 Å². The lowest BCUT2D eigenvalue weighted by molar-refractivity contribution is -0.0145. The number of hydrogen-bond acceptors (Lipinski definition) is 2. The van der Waals surface area contributed by atoms with Gasteiger partial charge in [0.05, 0.1) is 0 Å². The average molecular weight is 247 g/mol. The quantitative estimate of drug-likeness (QED) is 0.828. The molecular weight excluding hydrogens is 222 g/mol. The zero-order valence-corrected chi connectivity index (χ0v) is 11.8. The van der Waals surface area contributed by atoms with Crippen molar-refractivity contribution in [2.75, 3.05) is 6.54 Å². The van der Waals surface area contributed by atoms with Crippen LogP contribution in [0, 0.1) is 6.92 Å². The summed E-state index contributed by atoms with van der Waals surface area (Å²) >= 11 is 0. The third-order valence-electron chi connectivity index (χ3n) is 3.72. The van der Waals surface area contributed by atoms with Crippen LogP contribution >= 0.6 is 0 Å². The Morgan fingerprint density at radius 2 is 2.11 bits per heavy atom. The summed E-state index contributed by atoms with van der Waals surface area (Å²) in [5.74, 6) is 1.03. The van der Waals surface area contributed by atoms with E-state index in [9.17, 15) is 0 Å². The van der Waals surface area contributed by atoms with Crippen LogP contribution in [0.4, 0.5) is 0 Å². The minimum absolute atomic E-state index is 0.0929. The molecule has 1 fully saturated rings. The smallest absolute Gasteiger partial charge is 0.120 e. The van der Waals surface area contributed by atoms with Gasteiger partial charge in [0.2, 0.25) is 0 Å². The number of aryl methyl sites for hydroxylation is 1. The number of nitrogens with one attached hydrogen (secondary N) is 1. The van der Waals surface area contributed by atoms with Crippen LogP contribution in [-0.4, -0.2) is 18.2 Å². The Bertz CT molecular complexity index is 382. The Hall–Kier alpha value is -1.02. The van der Waals surface area contributed by atoms with Crippen LogP contribution in [0.5, 0.6) is 5.75 Å². The van der Waals surface area contributed by atoms with Gasteiger partial charge in [-0.2, -0.15) is 0 Å². The number of rotatable bonds is 6. The number of ether oxygens (including phenoxy) is 1. The first-order valence-electron chi connectivity index (χ1n) is 7.09. The maximum atomic E-state index is 6.26. The summed E-state index contributed by atoms with van der Waals surface area (Å²) in [6.07, 6.45) is 4.80. The highest BCUT2D eigenvalue weighted by Crippen LogP contribution is 2.39. The molecule has 1 saturated carbocycles. The highest BCUT2D eigenvalue weighted by atomic mass is 16.5. The van der Waals surface area contributed by atoms with E-state index in [1.54, 1.807) is 0 Å². The lowest BCUT2D eigenvalue weighted by Gasteiger charge is -2.42. The maximum Gasteiger partial charge on any atom is 0.120 e. The van der Waals surface area contributed by atoms with Crippen molar-refractivity contribution < 1.29 is 4.74 Å². The van der Waals surface area contributed by atoms with Gasteiger partial charge in [-0.3, -0.25) is 0 Å². The van der Waals surface area contributed by atoms with Gasteiger partial charge in [-0.25, -0.2) is 0 Å². The predicted molar refractivity (Wildman–Crippen MR) is 76.1 cm³/mol.